The number of ketones is 3. The molecule has 0 bridgehead atoms. The van der Waals surface area contributed by atoms with E-state index in [1.165, 1.54) is 26.0 Å². The molecule has 0 radical (unpaired) electrons. The molecular weight excluding hydrogens is 512 g/mol. The number of carbonyl (C=O) groups excluding carboxylic acids is 4. The highest BCUT2D eigenvalue weighted by Crippen LogP contribution is 2.74. The van der Waals surface area contributed by atoms with E-state index in [9.17, 15) is 34.5 Å². The Bertz CT molecular complexity index is 1210. The number of rotatable bonds is 5. The third-order valence-corrected chi connectivity index (χ3v) is 11.5. The van der Waals surface area contributed by atoms with Crippen molar-refractivity contribution >= 4 is 23.3 Å². The number of carbonyl (C=O) groups is 4. The zero-order valence-corrected chi connectivity index (χ0v) is 25.3. The summed E-state index contributed by atoms with van der Waals surface area (Å²) in [7, 11) is 0. The van der Waals surface area contributed by atoms with Crippen LogP contribution >= 0.6 is 0 Å². The summed E-state index contributed by atoms with van der Waals surface area (Å²) in [6.45, 7) is 15.4. The van der Waals surface area contributed by atoms with Gasteiger partial charge in [-0.1, -0.05) is 32.4 Å². The predicted molar refractivity (Wildman–Crippen MR) is 148 cm³/mol. The Hall–Kier alpha value is -2.16. The molecule has 0 aromatic heterocycles. The summed E-state index contributed by atoms with van der Waals surface area (Å²) in [4.78, 5) is 52.1. The summed E-state index contributed by atoms with van der Waals surface area (Å²) in [5, 5.41) is 34.0. The molecule has 0 aromatic rings. The molecule has 40 heavy (non-hydrogen) atoms. The van der Waals surface area contributed by atoms with Crippen molar-refractivity contribution in [1.82, 2.24) is 0 Å². The Balaban J connectivity index is 1.75. The van der Waals surface area contributed by atoms with Crippen molar-refractivity contribution in [2.75, 3.05) is 0 Å². The molecule has 8 unspecified atom stereocenters. The maximum absolute atomic E-state index is 14.3. The minimum atomic E-state index is -1.99. The van der Waals surface area contributed by atoms with Gasteiger partial charge in [0.25, 0.3) is 0 Å². The van der Waals surface area contributed by atoms with E-state index in [-0.39, 0.29) is 36.2 Å². The number of aliphatic hydroxyl groups excluding tert-OH is 2. The molecule has 3 fully saturated rings. The van der Waals surface area contributed by atoms with Gasteiger partial charge in [0.05, 0.1) is 6.10 Å². The Labute approximate surface area is 237 Å². The van der Waals surface area contributed by atoms with Crippen LogP contribution in [0.1, 0.15) is 88.0 Å². The average Bonchev–Trinajstić information content (AvgIpc) is 3.01. The largest absolute Gasteiger partial charge is 0.456 e. The van der Waals surface area contributed by atoms with Gasteiger partial charge in [-0.05, 0) is 88.7 Å². The second kappa shape index (κ2) is 9.17. The smallest absolute Gasteiger partial charge is 0.303 e. The van der Waals surface area contributed by atoms with Gasteiger partial charge in [0.1, 0.15) is 23.1 Å². The van der Waals surface area contributed by atoms with Crippen molar-refractivity contribution in [2.24, 2.45) is 39.4 Å². The van der Waals surface area contributed by atoms with Gasteiger partial charge in [0, 0.05) is 30.1 Å². The highest BCUT2D eigenvalue weighted by molar-refractivity contribution is 5.98. The SMILES string of the molecule is CC(=O)OC(C)(C)/C=C/C(=O)C(C)(O)C1C(O)CC2(C)C3CC=C4C(C[C@@H](O)C(=O)C4(C)C)C3(C)C(=O)CC12C. The molecule has 0 heterocycles. The molecule has 3 saturated carbocycles. The number of hydrogen-bond acceptors (Lipinski definition) is 8. The first-order valence-corrected chi connectivity index (χ1v) is 14.4. The maximum Gasteiger partial charge on any atom is 0.303 e. The fourth-order valence-corrected chi connectivity index (χ4v) is 9.40. The van der Waals surface area contributed by atoms with E-state index < -0.39 is 62.7 Å². The molecule has 4 aliphatic rings. The van der Waals surface area contributed by atoms with Crippen molar-refractivity contribution in [3.8, 4) is 0 Å². The number of hydrogen-bond donors (Lipinski definition) is 3. The lowest BCUT2D eigenvalue weighted by molar-refractivity contribution is -0.183. The summed E-state index contributed by atoms with van der Waals surface area (Å²) in [5.74, 6) is -2.85. The highest BCUT2D eigenvalue weighted by Gasteiger charge is 2.74. The average molecular weight is 559 g/mol. The first-order valence-electron chi connectivity index (χ1n) is 14.4. The normalized spacial score (nSPS) is 42.4. The van der Waals surface area contributed by atoms with Crippen LogP contribution in [0.25, 0.3) is 0 Å². The molecule has 0 saturated heterocycles. The van der Waals surface area contributed by atoms with Crippen LogP contribution in [0, 0.1) is 39.4 Å². The molecule has 4 rings (SSSR count). The van der Waals surface area contributed by atoms with Crippen LogP contribution in [0.15, 0.2) is 23.8 Å². The van der Waals surface area contributed by atoms with Crippen molar-refractivity contribution in [2.45, 2.75) is 111 Å². The summed E-state index contributed by atoms with van der Waals surface area (Å²) in [6.07, 6.45) is 3.55. The molecular formula is C32H46O8. The standard InChI is InChI=1S/C32H46O8/c1-17(33)40-27(2,3)13-12-23(36)32(9,39)25-21(35)15-29(6)22-11-10-18-19(14-20(34)26(38)28(18,4)5)31(22,8)24(37)16-30(25,29)7/h10,12-13,19-22,25,34-35,39H,11,14-16H2,1-9H3/b13-12+/t19?,20-,21?,22?,25?,29?,30?,31?,32?/m1/s1. The number of esters is 1. The second-order valence-corrected chi connectivity index (χ2v) is 14.8. The summed E-state index contributed by atoms with van der Waals surface area (Å²) in [6, 6.07) is 0. The van der Waals surface area contributed by atoms with E-state index >= 15 is 0 Å². The van der Waals surface area contributed by atoms with E-state index in [1.807, 2.05) is 27.7 Å². The van der Waals surface area contributed by atoms with E-state index in [2.05, 4.69) is 13.0 Å². The minimum absolute atomic E-state index is 0.0284. The number of Topliss-reactive ketones (excluding diaryl/α,β-unsaturated/α-hetero) is 2. The van der Waals surface area contributed by atoms with Crippen LogP contribution in [-0.4, -0.2) is 62.0 Å². The monoisotopic (exact) mass is 558 g/mol. The topological polar surface area (TPSA) is 138 Å². The van der Waals surface area contributed by atoms with Gasteiger partial charge in [-0.25, -0.2) is 0 Å². The zero-order valence-electron chi connectivity index (χ0n) is 25.3. The minimum Gasteiger partial charge on any atom is -0.456 e. The molecule has 8 heteroatoms. The lowest BCUT2D eigenvalue weighted by atomic mass is 9.38. The Morgan fingerprint density at radius 2 is 1.65 bits per heavy atom. The molecule has 222 valence electrons. The maximum atomic E-state index is 14.3. The van der Waals surface area contributed by atoms with E-state index in [0.717, 1.165) is 5.57 Å². The quantitative estimate of drug-likeness (QED) is 0.265. The lowest BCUT2D eigenvalue weighted by Gasteiger charge is -2.64. The van der Waals surface area contributed by atoms with Crippen LogP contribution in [0.5, 0.6) is 0 Å². The van der Waals surface area contributed by atoms with Crippen LogP contribution in [0.4, 0.5) is 0 Å². The fraction of sp³-hybridized carbons (Fsp3) is 0.750. The van der Waals surface area contributed by atoms with Crippen molar-refractivity contribution in [1.29, 1.82) is 0 Å². The van der Waals surface area contributed by atoms with Crippen molar-refractivity contribution in [3.05, 3.63) is 23.8 Å². The van der Waals surface area contributed by atoms with Gasteiger partial charge in [-0.15, -0.1) is 0 Å². The number of allylic oxidation sites excluding steroid dienone is 2. The van der Waals surface area contributed by atoms with E-state index in [4.69, 9.17) is 4.74 Å². The number of ether oxygens (including phenoxy) is 1. The van der Waals surface area contributed by atoms with Gasteiger partial charge in [-0.2, -0.15) is 0 Å². The molecule has 3 N–H and O–H groups in total. The second-order valence-electron chi connectivity index (χ2n) is 14.8. The highest BCUT2D eigenvalue weighted by atomic mass is 16.6. The van der Waals surface area contributed by atoms with Gasteiger partial charge < -0.3 is 20.1 Å². The van der Waals surface area contributed by atoms with Gasteiger partial charge in [0.15, 0.2) is 11.6 Å². The summed E-state index contributed by atoms with van der Waals surface area (Å²) in [5.41, 5.74) is -5.43. The Kier molecular flexibility index (Phi) is 7.06. The zero-order chi connectivity index (χ0) is 30.4. The van der Waals surface area contributed by atoms with E-state index in [1.54, 1.807) is 13.8 Å². The molecule has 0 aromatic carbocycles. The van der Waals surface area contributed by atoms with E-state index in [0.29, 0.717) is 12.8 Å². The van der Waals surface area contributed by atoms with Crippen LogP contribution in [-0.2, 0) is 23.9 Å². The predicted octanol–water partition coefficient (Wildman–Crippen LogP) is 3.50. The fourth-order valence-electron chi connectivity index (χ4n) is 9.40. The molecule has 8 nitrogen and oxygen atoms in total. The van der Waals surface area contributed by atoms with Crippen LogP contribution < -0.4 is 0 Å². The first kappa shape index (κ1) is 30.8. The first-order chi connectivity index (χ1) is 18.1. The van der Waals surface area contributed by atoms with Crippen LogP contribution in [0.2, 0.25) is 0 Å². The van der Waals surface area contributed by atoms with Gasteiger partial charge in [0.2, 0.25) is 0 Å². The Morgan fingerprint density at radius 1 is 1.05 bits per heavy atom. The van der Waals surface area contributed by atoms with Crippen molar-refractivity contribution < 1.29 is 39.2 Å². The van der Waals surface area contributed by atoms with Gasteiger partial charge >= 0.3 is 5.97 Å². The summed E-state index contributed by atoms with van der Waals surface area (Å²) >= 11 is 0. The Morgan fingerprint density at radius 3 is 2.23 bits per heavy atom. The molecule has 0 spiro atoms. The molecule has 9 atom stereocenters. The third kappa shape index (κ3) is 4.11. The number of aliphatic hydroxyl groups is 3. The van der Waals surface area contributed by atoms with Gasteiger partial charge in [-0.3, -0.25) is 19.2 Å². The van der Waals surface area contributed by atoms with Crippen molar-refractivity contribution in [3.63, 3.8) is 0 Å². The third-order valence-electron chi connectivity index (χ3n) is 11.5. The molecule has 0 aliphatic heterocycles. The molecule has 0 amide bonds. The number of fused-ring (bicyclic) bond motifs is 5. The lowest BCUT2D eigenvalue weighted by Crippen LogP contribution is -2.65. The summed E-state index contributed by atoms with van der Waals surface area (Å²) < 4.78 is 5.23. The van der Waals surface area contributed by atoms with Crippen LogP contribution in [0.3, 0.4) is 0 Å². The molecule has 4 aliphatic carbocycles.